The quantitative estimate of drug-likeness (QED) is 0.370. The van der Waals surface area contributed by atoms with Crippen LogP contribution in [0.2, 0.25) is 0 Å². The minimum absolute atomic E-state index is 0.112. The van der Waals surface area contributed by atoms with Crippen molar-refractivity contribution in [3.8, 4) is 11.1 Å². The molecule has 6 rings (SSSR count). The first kappa shape index (κ1) is 22.3. The topological polar surface area (TPSA) is 49.6 Å². The van der Waals surface area contributed by atoms with Crippen molar-refractivity contribution < 1.29 is 13.2 Å². The third-order valence-corrected chi connectivity index (χ3v) is 8.29. The van der Waals surface area contributed by atoms with Crippen molar-refractivity contribution in [2.45, 2.75) is 32.0 Å². The maximum absolute atomic E-state index is 13.7. The van der Waals surface area contributed by atoms with Gasteiger partial charge in [-0.3, -0.25) is 0 Å². The highest BCUT2D eigenvalue weighted by Gasteiger charge is 2.45. The molecule has 1 saturated heterocycles. The largest absolute Gasteiger partial charge is 0.417 e. The zero-order valence-corrected chi connectivity index (χ0v) is 20.2. The van der Waals surface area contributed by atoms with Crippen LogP contribution in [0, 0.1) is 18.8 Å². The zero-order chi connectivity index (χ0) is 24.3. The Balaban J connectivity index is 1.32. The molecule has 2 bridgehead atoms. The fourth-order valence-electron chi connectivity index (χ4n) is 5.86. The molecule has 0 radical (unpaired) electrons. The van der Waals surface area contributed by atoms with E-state index in [0.717, 1.165) is 37.7 Å². The van der Waals surface area contributed by atoms with Gasteiger partial charge in [-0.25, -0.2) is 4.52 Å². The van der Waals surface area contributed by atoms with Crippen LogP contribution in [0.15, 0.2) is 48.7 Å². The van der Waals surface area contributed by atoms with Crippen molar-refractivity contribution in [3.63, 3.8) is 0 Å². The van der Waals surface area contributed by atoms with E-state index in [-0.39, 0.29) is 5.56 Å². The summed E-state index contributed by atoms with van der Waals surface area (Å²) in [7, 11) is 2.01. The van der Waals surface area contributed by atoms with Crippen LogP contribution in [-0.4, -0.2) is 45.2 Å². The highest BCUT2D eigenvalue weighted by Crippen LogP contribution is 2.43. The molecule has 1 aliphatic carbocycles. The third kappa shape index (κ3) is 3.84. The van der Waals surface area contributed by atoms with Crippen LogP contribution in [0.25, 0.3) is 16.8 Å². The number of nitrogens with zero attached hydrogens (tertiary/aromatic N) is 6. The Morgan fingerprint density at radius 2 is 1.74 bits per heavy atom. The summed E-state index contributed by atoms with van der Waals surface area (Å²) in [6, 6.07) is 11.5. The van der Waals surface area contributed by atoms with Gasteiger partial charge in [-0.05, 0) is 73.0 Å². The number of aromatic nitrogens is 4. The first-order valence-electron chi connectivity index (χ1n) is 11.7. The lowest BCUT2D eigenvalue weighted by Crippen LogP contribution is -2.52. The lowest BCUT2D eigenvalue weighted by atomic mass is 9.91. The third-order valence-electron chi connectivity index (χ3n) is 7.35. The van der Waals surface area contributed by atoms with Gasteiger partial charge in [-0.2, -0.15) is 22.5 Å². The standard InChI is InChI=1S/C25H25F3N6S/c1-15-12-21(35-31-15)33-13-16-9-10-17(14-33)22(16)32(2)24-29-23-19(7-5-11-34(23)30-24)18-6-3-4-8-20(18)25(26,27)28/h3-8,11-12,16-17,22H,9-10,13-14H2,1-2H3/t16-,17?,22-/m0/s1. The van der Waals surface area contributed by atoms with Crippen molar-refractivity contribution in [1.82, 2.24) is 19.0 Å². The Morgan fingerprint density at radius 3 is 2.43 bits per heavy atom. The molecule has 0 spiro atoms. The minimum atomic E-state index is -4.45. The monoisotopic (exact) mass is 498 g/mol. The Labute approximate surface area is 205 Å². The Bertz CT molecular complexity index is 1370. The molecule has 4 aromatic rings. The number of aryl methyl sites for hydroxylation is 1. The second-order valence-electron chi connectivity index (χ2n) is 9.56. The smallest absolute Gasteiger partial charge is 0.361 e. The molecule has 10 heteroatoms. The second kappa shape index (κ2) is 8.22. The van der Waals surface area contributed by atoms with E-state index in [1.807, 2.05) is 14.0 Å². The summed E-state index contributed by atoms with van der Waals surface area (Å²) in [6.45, 7) is 3.95. The van der Waals surface area contributed by atoms with Crippen molar-refractivity contribution in [1.29, 1.82) is 0 Å². The zero-order valence-electron chi connectivity index (χ0n) is 19.4. The first-order valence-corrected chi connectivity index (χ1v) is 12.5. The molecule has 1 saturated carbocycles. The van der Waals surface area contributed by atoms with E-state index in [9.17, 15) is 13.2 Å². The van der Waals surface area contributed by atoms with Gasteiger partial charge in [-0.1, -0.05) is 18.2 Å². The molecule has 182 valence electrons. The number of hydrogen-bond acceptors (Lipinski definition) is 6. The Hall–Kier alpha value is -3.14. The molecular weight excluding hydrogens is 473 g/mol. The molecule has 3 aromatic heterocycles. The average molecular weight is 499 g/mol. The summed E-state index contributed by atoms with van der Waals surface area (Å²) in [5.41, 5.74) is 1.34. The number of hydrogen-bond donors (Lipinski definition) is 0. The summed E-state index contributed by atoms with van der Waals surface area (Å²) in [4.78, 5) is 9.34. The van der Waals surface area contributed by atoms with E-state index in [1.54, 1.807) is 40.4 Å². The number of alkyl halides is 3. The van der Waals surface area contributed by atoms with Gasteiger partial charge in [0.1, 0.15) is 5.00 Å². The van der Waals surface area contributed by atoms with Gasteiger partial charge in [0, 0.05) is 37.9 Å². The average Bonchev–Trinajstić information content (AvgIpc) is 3.53. The van der Waals surface area contributed by atoms with Crippen LogP contribution < -0.4 is 9.80 Å². The maximum Gasteiger partial charge on any atom is 0.417 e. The van der Waals surface area contributed by atoms with Gasteiger partial charge in [0.15, 0.2) is 5.65 Å². The predicted octanol–water partition coefficient (Wildman–Crippen LogP) is 5.53. The van der Waals surface area contributed by atoms with Crippen molar-refractivity contribution in [3.05, 3.63) is 59.9 Å². The van der Waals surface area contributed by atoms with Crippen LogP contribution in [0.3, 0.4) is 0 Å². The fraction of sp³-hybridized carbons (Fsp3) is 0.400. The number of piperidine rings is 1. The number of benzene rings is 1. The summed E-state index contributed by atoms with van der Waals surface area (Å²) < 4.78 is 47.1. The summed E-state index contributed by atoms with van der Waals surface area (Å²) in [5.74, 6) is 1.49. The van der Waals surface area contributed by atoms with Crippen LogP contribution in [0.4, 0.5) is 24.1 Å². The number of rotatable bonds is 4. The minimum Gasteiger partial charge on any atom is -0.361 e. The molecule has 3 atom stereocenters. The predicted molar refractivity (Wildman–Crippen MR) is 131 cm³/mol. The van der Waals surface area contributed by atoms with E-state index in [1.165, 1.54) is 17.1 Å². The molecule has 0 amide bonds. The van der Waals surface area contributed by atoms with Gasteiger partial charge in [0.2, 0.25) is 5.95 Å². The van der Waals surface area contributed by atoms with Crippen molar-refractivity contribution in [2.75, 3.05) is 29.9 Å². The van der Waals surface area contributed by atoms with Gasteiger partial charge in [0.05, 0.1) is 11.3 Å². The van der Waals surface area contributed by atoms with Crippen LogP contribution in [-0.2, 0) is 6.18 Å². The second-order valence-corrected chi connectivity index (χ2v) is 10.3. The van der Waals surface area contributed by atoms with E-state index >= 15 is 0 Å². The number of halogens is 3. The molecule has 6 nitrogen and oxygen atoms in total. The van der Waals surface area contributed by atoms with Gasteiger partial charge < -0.3 is 9.80 Å². The summed E-state index contributed by atoms with van der Waals surface area (Å²) in [6.07, 6.45) is -0.424. The molecule has 0 N–H and O–H groups in total. The maximum atomic E-state index is 13.7. The van der Waals surface area contributed by atoms with Crippen LogP contribution in [0.1, 0.15) is 24.1 Å². The first-order chi connectivity index (χ1) is 16.8. The van der Waals surface area contributed by atoms with Crippen molar-refractivity contribution in [2.24, 2.45) is 11.8 Å². The summed E-state index contributed by atoms with van der Waals surface area (Å²) >= 11 is 1.55. The number of fused-ring (bicyclic) bond motifs is 3. The van der Waals surface area contributed by atoms with Crippen molar-refractivity contribution >= 4 is 28.1 Å². The van der Waals surface area contributed by atoms with Crippen LogP contribution >= 0.6 is 11.5 Å². The normalized spacial score (nSPS) is 22.2. The molecular formula is C25H25F3N6S. The molecule has 1 aromatic carbocycles. The lowest BCUT2D eigenvalue weighted by molar-refractivity contribution is -0.137. The van der Waals surface area contributed by atoms with E-state index < -0.39 is 11.7 Å². The highest BCUT2D eigenvalue weighted by molar-refractivity contribution is 7.10. The van der Waals surface area contributed by atoms with E-state index in [4.69, 9.17) is 4.98 Å². The van der Waals surface area contributed by atoms with Crippen LogP contribution in [0.5, 0.6) is 0 Å². The number of anilines is 2. The molecule has 1 unspecified atom stereocenters. The van der Waals surface area contributed by atoms with E-state index in [0.29, 0.717) is 35.0 Å². The molecule has 2 fully saturated rings. The SMILES string of the molecule is Cc1cc(N2CC3CC[C@@H](C2)[C@@H]3N(C)c2nc3c(-c4ccccc4C(F)(F)F)cccn3n2)sn1. The van der Waals surface area contributed by atoms with E-state index in [2.05, 4.69) is 25.3 Å². The molecule has 35 heavy (non-hydrogen) atoms. The van der Waals surface area contributed by atoms with Gasteiger partial charge >= 0.3 is 6.18 Å². The molecule has 1 aliphatic heterocycles. The van der Waals surface area contributed by atoms with Gasteiger partial charge in [-0.15, -0.1) is 5.10 Å². The Kier molecular flexibility index (Phi) is 5.24. The Morgan fingerprint density at radius 1 is 1.03 bits per heavy atom. The fourth-order valence-corrected chi connectivity index (χ4v) is 6.64. The number of pyridine rings is 1. The molecule has 4 heterocycles. The highest BCUT2D eigenvalue weighted by atomic mass is 32.1. The summed E-state index contributed by atoms with van der Waals surface area (Å²) in [5, 5.41) is 5.89. The molecule has 2 aliphatic rings. The van der Waals surface area contributed by atoms with Gasteiger partial charge in [0.25, 0.3) is 0 Å². The lowest BCUT2D eigenvalue weighted by Gasteiger charge is -2.42.